The predicted molar refractivity (Wildman–Crippen MR) is 62.3 cm³/mol. The van der Waals surface area contributed by atoms with Gasteiger partial charge < -0.3 is 5.73 Å². The summed E-state index contributed by atoms with van der Waals surface area (Å²) in [5.41, 5.74) is 10.2. The lowest BCUT2D eigenvalue weighted by Gasteiger charge is -2.06. The van der Waals surface area contributed by atoms with E-state index in [0.717, 1.165) is 11.3 Å². The monoisotopic (exact) mass is 198 g/mol. The fourth-order valence-electron chi connectivity index (χ4n) is 1.59. The van der Waals surface area contributed by atoms with Crippen LogP contribution in [0.2, 0.25) is 0 Å². The van der Waals surface area contributed by atoms with E-state index in [1.807, 2.05) is 24.4 Å². The van der Waals surface area contributed by atoms with Gasteiger partial charge in [0.05, 0.1) is 5.69 Å². The summed E-state index contributed by atoms with van der Waals surface area (Å²) < 4.78 is 0. The zero-order chi connectivity index (χ0) is 10.7. The molecule has 0 amide bonds. The molecule has 0 atom stereocenters. The van der Waals surface area contributed by atoms with Gasteiger partial charge in [-0.2, -0.15) is 0 Å². The molecule has 0 radical (unpaired) electrons. The molecule has 2 aromatic rings. The van der Waals surface area contributed by atoms with Crippen LogP contribution in [0.25, 0.3) is 11.3 Å². The summed E-state index contributed by atoms with van der Waals surface area (Å²) in [5, 5.41) is 0. The minimum atomic E-state index is 0.570. The molecule has 1 aromatic carbocycles. The molecule has 1 aromatic heterocycles. The molecular formula is C13H14N2. The second-order valence-electron chi connectivity index (χ2n) is 3.57. The number of aromatic nitrogens is 1. The van der Waals surface area contributed by atoms with Gasteiger partial charge in [-0.15, -0.1) is 0 Å². The van der Waals surface area contributed by atoms with E-state index in [0.29, 0.717) is 6.54 Å². The molecule has 0 aliphatic carbocycles. The summed E-state index contributed by atoms with van der Waals surface area (Å²) in [6, 6.07) is 12.2. The first-order valence-corrected chi connectivity index (χ1v) is 5.02. The first kappa shape index (κ1) is 9.87. The third-order valence-corrected chi connectivity index (χ3v) is 2.48. The van der Waals surface area contributed by atoms with Gasteiger partial charge in [-0.25, -0.2) is 0 Å². The fraction of sp³-hybridized carbons (Fsp3) is 0.154. The molecule has 15 heavy (non-hydrogen) atoms. The van der Waals surface area contributed by atoms with Crippen molar-refractivity contribution in [1.29, 1.82) is 0 Å². The van der Waals surface area contributed by atoms with Gasteiger partial charge in [0.2, 0.25) is 0 Å². The van der Waals surface area contributed by atoms with Crippen molar-refractivity contribution < 1.29 is 0 Å². The number of hydrogen-bond acceptors (Lipinski definition) is 2. The lowest BCUT2D eigenvalue weighted by molar-refractivity contribution is 1.07. The Bertz CT molecular complexity index is 449. The summed E-state index contributed by atoms with van der Waals surface area (Å²) in [6.45, 7) is 2.66. The van der Waals surface area contributed by atoms with E-state index in [1.165, 1.54) is 11.1 Å². The third-order valence-electron chi connectivity index (χ3n) is 2.48. The van der Waals surface area contributed by atoms with Crippen LogP contribution in [0.3, 0.4) is 0 Å². The number of nitrogens with zero attached hydrogens (tertiary/aromatic N) is 1. The number of rotatable bonds is 2. The van der Waals surface area contributed by atoms with Crippen LogP contribution >= 0.6 is 0 Å². The lowest BCUT2D eigenvalue weighted by atomic mass is 10.0. The quantitative estimate of drug-likeness (QED) is 0.805. The summed E-state index contributed by atoms with van der Waals surface area (Å²) in [4.78, 5) is 4.34. The average Bonchev–Trinajstić information content (AvgIpc) is 2.31. The zero-order valence-electron chi connectivity index (χ0n) is 8.77. The Morgan fingerprint density at radius 2 is 2.07 bits per heavy atom. The van der Waals surface area contributed by atoms with E-state index in [1.54, 1.807) is 0 Å². The van der Waals surface area contributed by atoms with Gasteiger partial charge in [-0.1, -0.05) is 18.2 Å². The highest BCUT2D eigenvalue weighted by Gasteiger charge is 2.03. The zero-order valence-corrected chi connectivity index (χ0v) is 8.77. The molecule has 0 saturated carbocycles. The molecule has 0 aliphatic heterocycles. The van der Waals surface area contributed by atoms with Crippen LogP contribution in [0.1, 0.15) is 11.1 Å². The Kier molecular flexibility index (Phi) is 2.79. The van der Waals surface area contributed by atoms with Gasteiger partial charge in [0.15, 0.2) is 0 Å². The number of aryl methyl sites for hydroxylation is 1. The maximum Gasteiger partial charge on any atom is 0.0704 e. The van der Waals surface area contributed by atoms with E-state index in [4.69, 9.17) is 5.73 Å². The minimum absolute atomic E-state index is 0.570. The number of nitrogens with two attached hydrogens (primary N) is 1. The topological polar surface area (TPSA) is 38.9 Å². The molecule has 0 spiro atoms. The first-order valence-electron chi connectivity index (χ1n) is 5.02. The van der Waals surface area contributed by atoms with Crippen LogP contribution in [-0.4, -0.2) is 4.98 Å². The predicted octanol–water partition coefficient (Wildman–Crippen LogP) is 2.52. The van der Waals surface area contributed by atoms with Gasteiger partial charge in [-0.3, -0.25) is 4.98 Å². The van der Waals surface area contributed by atoms with Crippen LogP contribution in [0.15, 0.2) is 42.6 Å². The highest BCUT2D eigenvalue weighted by atomic mass is 14.7. The van der Waals surface area contributed by atoms with E-state index in [9.17, 15) is 0 Å². The van der Waals surface area contributed by atoms with E-state index in [2.05, 4.69) is 30.1 Å². The number of hydrogen-bond donors (Lipinski definition) is 1. The second-order valence-corrected chi connectivity index (χ2v) is 3.57. The van der Waals surface area contributed by atoms with Crippen molar-refractivity contribution in [2.75, 3.05) is 0 Å². The smallest absolute Gasteiger partial charge is 0.0704 e. The molecule has 0 aliphatic rings. The lowest BCUT2D eigenvalue weighted by Crippen LogP contribution is -1.97. The third kappa shape index (κ3) is 2.05. The summed E-state index contributed by atoms with van der Waals surface area (Å²) >= 11 is 0. The first-order chi connectivity index (χ1) is 7.31. The van der Waals surface area contributed by atoms with Crippen molar-refractivity contribution in [3.05, 3.63) is 53.7 Å². The Labute approximate surface area is 89.8 Å². The van der Waals surface area contributed by atoms with E-state index < -0.39 is 0 Å². The SMILES string of the molecule is Cc1ccc(CN)cc1-c1ccccn1. The molecule has 2 nitrogen and oxygen atoms in total. The molecule has 2 heteroatoms. The summed E-state index contributed by atoms with van der Waals surface area (Å²) in [7, 11) is 0. The Balaban J connectivity index is 2.52. The van der Waals surface area contributed by atoms with E-state index in [-0.39, 0.29) is 0 Å². The van der Waals surface area contributed by atoms with Crippen LogP contribution in [0, 0.1) is 6.92 Å². The highest BCUT2D eigenvalue weighted by molar-refractivity contribution is 5.64. The van der Waals surface area contributed by atoms with Crippen molar-refractivity contribution in [3.8, 4) is 11.3 Å². The van der Waals surface area contributed by atoms with E-state index >= 15 is 0 Å². The van der Waals surface area contributed by atoms with Crippen LogP contribution in [0.4, 0.5) is 0 Å². The molecule has 0 unspecified atom stereocenters. The van der Waals surface area contributed by atoms with Gasteiger partial charge >= 0.3 is 0 Å². The van der Waals surface area contributed by atoms with Crippen molar-refractivity contribution in [2.24, 2.45) is 5.73 Å². The molecular weight excluding hydrogens is 184 g/mol. The van der Waals surface area contributed by atoms with Crippen LogP contribution in [-0.2, 0) is 6.54 Å². The second kappa shape index (κ2) is 4.24. The van der Waals surface area contributed by atoms with Gasteiger partial charge in [0.1, 0.15) is 0 Å². The average molecular weight is 198 g/mol. The Hall–Kier alpha value is -1.67. The van der Waals surface area contributed by atoms with Crippen LogP contribution < -0.4 is 5.73 Å². The molecule has 2 N–H and O–H groups in total. The molecule has 0 bridgehead atoms. The van der Waals surface area contributed by atoms with Gasteiger partial charge in [0.25, 0.3) is 0 Å². The maximum atomic E-state index is 5.63. The molecule has 76 valence electrons. The summed E-state index contributed by atoms with van der Waals surface area (Å²) in [6.07, 6.45) is 1.81. The van der Waals surface area contributed by atoms with Crippen molar-refractivity contribution in [3.63, 3.8) is 0 Å². The highest BCUT2D eigenvalue weighted by Crippen LogP contribution is 2.22. The minimum Gasteiger partial charge on any atom is -0.326 e. The molecule has 0 fully saturated rings. The standard InChI is InChI=1S/C13H14N2/c1-10-5-6-11(9-14)8-12(10)13-4-2-3-7-15-13/h2-8H,9,14H2,1H3. The molecule has 0 saturated heterocycles. The van der Waals surface area contributed by atoms with Crippen molar-refractivity contribution in [1.82, 2.24) is 4.98 Å². The van der Waals surface area contributed by atoms with Crippen molar-refractivity contribution in [2.45, 2.75) is 13.5 Å². The van der Waals surface area contributed by atoms with Gasteiger partial charge in [-0.05, 0) is 36.2 Å². The Morgan fingerprint density at radius 3 is 2.73 bits per heavy atom. The number of pyridine rings is 1. The van der Waals surface area contributed by atoms with Gasteiger partial charge in [0, 0.05) is 18.3 Å². The largest absolute Gasteiger partial charge is 0.326 e. The maximum absolute atomic E-state index is 5.63. The van der Waals surface area contributed by atoms with Crippen molar-refractivity contribution >= 4 is 0 Å². The molecule has 1 heterocycles. The van der Waals surface area contributed by atoms with Crippen LogP contribution in [0.5, 0.6) is 0 Å². The summed E-state index contributed by atoms with van der Waals surface area (Å²) in [5.74, 6) is 0. The normalized spacial score (nSPS) is 10.3. The fourth-order valence-corrected chi connectivity index (χ4v) is 1.59. The number of benzene rings is 1. The molecule has 2 rings (SSSR count). The Morgan fingerprint density at radius 1 is 1.20 bits per heavy atom.